The van der Waals surface area contributed by atoms with Crippen LogP contribution in [0.2, 0.25) is 0 Å². The van der Waals surface area contributed by atoms with Crippen LogP contribution in [-0.4, -0.2) is 47.5 Å². The Kier molecular flexibility index (Phi) is 5.68. The molecule has 2 atom stereocenters. The molecule has 1 fully saturated rings. The first-order valence-corrected chi connectivity index (χ1v) is 12.8. The standard InChI is InChI=1S/C30H31N3O4/c1-18-11-25(34)23(17-32-14-20-12-21(16-32)24-5-4-6-27(35)33(24)15-20)30-28(18)29(36)26(37-30)13-19-7-9-22(10-8-19)31(2)3/h4-11,13,20-21,34H,12,14-17H2,1-3H3/b26-13+/t20-,21+/m0/s1. The minimum absolute atomic E-state index is 0.0669. The molecule has 1 saturated heterocycles. The van der Waals surface area contributed by atoms with Crippen LogP contribution in [0.5, 0.6) is 11.5 Å². The summed E-state index contributed by atoms with van der Waals surface area (Å²) in [6.45, 7) is 4.65. The minimum atomic E-state index is -0.158. The van der Waals surface area contributed by atoms with E-state index in [0.717, 1.165) is 36.5 Å². The van der Waals surface area contributed by atoms with Gasteiger partial charge in [-0.1, -0.05) is 18.2 Å². The van der Waals surface area contributed by atoms with Crippen molar-refractivity contribution in [2.45, 2.75) is 32.4 Å². The SMILES string of the molecule is Cc1cc(O)c(CN2C[C@@H]3C[C@H](C2)c2cccc(=O)n2C3)c2c1C(=O)/C(=C\c1ccc(N(C)C)cc1)O2. The van der Waals surface area contributed by atoms with Gasteiger partial charge in [-0.05, 0) is 60.7 Å². The molecule has 0 radical (unpaired) electrons. The Morgan fingerprint density at radius 3 is 2.62 bits per heavy atom. The number of ether oxygens (including phenoxy) is 1. The number of rotatable bonds is 4. The summed E-state index contributed by atoms with van der Waals surface area (Å²) >= 11 is 0. The van der Waals surface area contributed by atoms with Gasteiger partial charge in [0.25, 0.3) is 5.56 Å². The molecule has 3 aliphatic rings. The molecule has 3 aliphatic heterocycles. The van der Waals surface area contributed by atoms with E-state index in [1.54, 1.807) is 18.2 Å². The van der Waals surface area contributed by atoms with Crippen molar-refractivity contribution in [1.82, 2.24) is 9.47 Å². The molecular formula is C30H31N3O4. The van der Waals surface area contributed by atoms with Crippen LogP contribution in [0.3, 0.4) is 0 Å². The predicted octanol–water partition coefficient (Wildman–Crippen LogP) is 4.16. The van der Waals surface area contributed by atoms with Gasteiger partial charge in [0.15, 0.2) is 5.76 Å². The largest absolute Gasteiger partial charge is 0.507 e. The highest BCUT2D eigenvalue weighted by Crippen LogP contribution is 2.43. The second kappa shape index (κ2) is 8.92. The molecule has 0 spiro atoms. The van der Waals surface area contributed by atoms with Crippen LogP contribution in [0.4, 0.5) is 5.69 Å². The van der Waals surface area contributed by atoms with Crippen molar-refractivity contribution < 1.29 is 14.6 Å². The van der Waals surface area contributed by atoms with E-state index >= 15 is 0 Å². The lowest BCUT2D eigenvalue weighted by Crippen LogP contribution is -2.46. The summed E-state index contributed by atoms with van der Waals surface area (Å²) < 4.78 is 8.09. The smallest absolute Gasteiger partial charge is 0.250 e. The number of aromatic nitrogens is 1. The lowest BCUT2D eigenvalue weighted by Gasteiger charge is -2.43. The van der Waals surface area contributed by atoms with Gasteiger partial charge in [-0.25, -0.2) is 0 Å². The molecule has 0 amide bonds. The number of piperidine rings is 1. The number of carbonyl (C=O) groups excluding carboxylic acids is 1. The molecule has 2 bridgehead atoms. The van der Waals surface area contributed by atoms with Crippen LogP contribution in [0.25, 0.3) is 6.08 Å². The fourth-order valence-electron chi connectivity index (χ4n) is 6.10. The first-order valence-electron chi connectivity index (χ1n) is 12.8. The number of phenols is 1. The van der Waals surface area contributed by atoms with Crippen LogP contribution in [0.15, 0.2) is 59.1 Å². The van der Waals surface area contributed by atoms with E-state index in [4.69, 9.17) is 4.74 Å². The van der Waals surface area contributed by atoms with Crippen LogP contribution < -0.4 is 15.2 Å². The number of ketones is 1. The maximum atomic E-state index is 13.4. The molecular weight excluding hydrogens is 466 g/mol. The maximum absolute atomic E-state index is 13.4. The monoisotopic (exact) mass is 497 g/mol. The van der Waals surface area contributed by atoms with Gasteiger partial charge in [-0.2, -0.15) is 0 Å². The molecule has 6 rings (SSSR count). The first-order chi connectivity index (χ1) is 17.8. The van der Waals surface area contributed by atoms with Crippen molar-refractivity contribution in [1.29, 1.82) is 0 Å². The molecule has 0 unspecified atom stereocenters. The number of fused-ring (bicyclic) bond motifs is 5. The number of aromatic hydroxyl groups is 1. The third-order valence-corrected chi connectivity index (χ3v) is 7.87. The van der Waals surface area contributed by atoms with Gasteiger partial charge >= 0.3 is 0 Å². The van der Waals surface area contributed by atoms with E-state index in [1.807, 2.05) is 60.8 Å². The second-order valence-electron chi connectivity index (χ2n) is 10.7. The molecule has 0 saturated carbocycles. The number of hydrogen-bond acceptors (Lipinski definition) is 6. The highest BCUT2D eigenvalue weighted by molar-refractivity contribution is 6.15. The maximum Gasteiger partial charge on any atom is 0.250 e. The lowest BCUT2D eigenvalue weighted by atomic mass is 9.83. The Labute approximate surface area is 216 Å². The fourth-order valence-corrected chi connectivity index (χ4v) is 6.10. The second-order valence-corrected chi connectivity index (χ2v) is 10.7. The van der Waals surface area contributed by atoms with Crippen LogP contribution in [0.1, 0.15) is 45.1 Å². The zero-order valence-corrected chi connectivity index (χ0v) is 21.4. The number of likely N-dealkylation sites (tertiary alicyclic amines) is 1. The Bertz CT molecular complexity index is 1490. The fraction of sp³-hybridized carbons (Fsp3) is 0.333. The Morgan fingerprint density at radius 1 is 1.08 bits per heavy atom. The lowest BCUT2D eigenvalue weighted by molar-refractivity contribution is 0.101. The van der Waals surface area contributed by atoms with Gasteiger partial charge < -0.3 is 19.3 Å². The van der Waals surface area contributed by atoms with Crippen molar-refractivity contribution in [2.24, 2.45) is 5.92 Å². The Morgan fingerprint density at radius 2 is 1.86 bits per heavy atom. The average Bonchev–Trinajstić information content (AvgIpc) is 3.19. The highest BCUT2D eigenvalue weighted by Gasteiger charge is 2.37. The van der Waals surface area contributed by atoms with Gasteiger partial charge in [0.2, 0.25) is 5.78 Å². The molecule has 7 heteroatoms. The summed E-state index contributed by atoms with van der Waals surface area (Å²) in [5.74, 6) is 1.36. The highest BCUT2D eigenvalue weighted by atomic mass is 16.5. The molecule has 37 heavy (non-hydrogen) atoms. The van der Waals surface area contributed by atoms with Crippen molar-refractivity contribution in [3.8, 4) is 11.5 Å². The number of allylic oxidation sites excluding steroid dienone is 1. The van der Waals surface area contributed by atoms with E-state index in [2.05, 4.69) is 11.0 Å². The third-order valence-electron chi connectivity index (χ3n) is 7.87. The summed E-state index contributed by atoms with van der Waals surface area (Å²) in [5, 5.41) is 10.9. The number of carbonyl (C=O) groups is 1. The number of benzene rings is 2. The van der Waals surface area contributed by atoms with Gasteiger partial charge in [0.1, 0.15) is 11.5 Å². The summed E-state index contributed by atoms with van der Waals surface area (Å²) in [5.41, 5.74) is 4.98. The van der Waals surface area contributed by atoms with Crippen molar-refractivity contribution in [3.63, 3.8) is 0 Å². The summed E-state index contributed by atoms with van der Waals surface area (Å²) in [6.07, 6.45) is 2.83. The number of pyridine rings is 1. The zero-order valence-electron chi connectivity index (χ0n) is 21.4. The summed E-state index contributed by atoms with van der Waals surface area (Å²) in [6, 6.07) is 15.1. The van der Waals surface area contributed by atoms with Gasteiger partial charge in [0, 0.05) is 63.6 Å². The third kappa shape index (κ3) is 4.13. The van der Waals surface area contributed by atoms with Gasteiger partial charge in [-0.15, -0.1) is 0 Å². The minimum Gasteiger partial charge on any atom is -0.507 e. The number of nitrogens with zero attached hydrogens (tertiary/aromatic N) is 3. The number of Topliss-reactive ketones (excluding diaryl/α,β-unsaturated/α-hetero) is 1. The quantitative estimate of drug-likeness (QED) is 0.546. The van der Waals surface area contributed by atoms with Crippen molar-refractivity contribution >= 4 is 17.5 Å². The Hall–Kier alpha value is -3.84. The molecule has 1 N–H and O–H groups in total. The predicted molar refractivity (Wildman–Crippen MR) is 143 cm³/mol. The van der Waals surface area contributed by atoms with E-state index in [9.17, 15) is 14.7 Å². The van der Waals surface area contributed by atoms with E-state index in [0.29, 0.717) is 41.4 Å². The van der Waals surface area contributed by atoms with Crippen LogP contribution in [-0.2, 0) is 13.1 Å². The van der Waals surface area contributed by atoms with Crippen molar-refractivity contribution in [3.05, 3.63) is 92.6 Å². The number of phenolic OH excluding ortho intramolecular Hbond substituents is 1. The van der Waals surface area contributed by atoms with E-state index in [1.165, 1.54) is 0 Å². The van der Waals surface area contributed by atoms with Gasteiger partial charge in [-0.3, -0.25) is 14.5 Å². The van der Waals surface area contributed by atoms with Crippen LogP contribution >= 0.6 is 0 Å². The number of hydrogen-bond donors (Lipinski definition) is 1. The number of anilines is 1. The molecule has 3 aromatic rings. The summed E-state index contributed by atoms with van der Waals surface area (Å²) in [7, 11) is 3.97. The zero-order chi connectivity index (χ0) is 25.8. The topological polar surface area (TPSA) is 75.0 Å². The summed E-state index contributed by atoms with van der Waals surface area (Å²) in [4.78, 5) is 30.1. The molecule has 1 aromatic heterocycles. The van der Waals surface area contributed by atoms with E-state index < -0.39 is 0 Å². The molecule has 0 aliphatic carbocycles. The van der Waals surface area contributed by atoms with Crippen molar-refractivity contribution in [2.75, 3.05) is 32.1 Å². The average molecular weight is 498 g/mol. The molecule has 190 valence electrons. The van der Waals surface area contributed by atoms with Crippen LogP contribution in [0, 0.1) is 12.8 Å². The van der Waals surface area contributed by atoms with E-state index in [-0.39, 0.29) is 28.8 Å². The normalized spacial score (nSPS) is 21.5. The Balaban J connectivity index is 1.29. The first kappa shape index (κ1) is 23.6. The molecule has 2 aromatic carbocycles. The molecule has 4 heterocycles. The van der Waals surface area contributed by atoms with Gasteiger partial charge in [0.05, 0.1) is 11.1 Å². The molecule has 7 nitrogen and oxygen atoms in total. The number of aryl methyl sites for hydroxylation is 1.